The van der Waals surface area contributed by atoms with E-state index in [0.29, 0.717) is 24.2 Å². The van der Waals surface area contributed by atoms with E-state index in [2.05, 4.69) is 20.7 Å². The summed E-state index contributed by atoms with van der Waals surface area (Å²) in [5.41, 5.74) is 1.55. The number of hydrogen-bond acceptors (Lipinski definition) is 4. The predicted octanol–water partition coefficient (Wildman–Crippen LogP) is 1.94. The second kappa shape index (κ2) is 6.09. The number of hydrogen-bond donors (Lipinski definition) is 2. The number of amides is 2. The van der Waals surface area contributed by atoms with E-state index in [0.717, 1.165) is 18.5 Å². The van der Waals surface area contributed by atoms with Crippen LogP contribution in [0.5, 0.6) is 0 Å². The Morgan fingerprint density at radius 2 is 2.24 bits per heavy atom. The van der Waals surface area contributed by atoms with Gasteiger partial charge in [-0.3, -0.25) is 5.32 Å². The lowest BCUT2D eigenvalue weighted by molar-refractivity contribution is 0.0433. The first-order chi connectivity index (χ1) is 10.2. The van der Waals surface area contributed by atoms with Crippen LogP contribution in [0, 0.1) is 0 Å². The van der Waals surface area contributed by atoms with Crippen LogP contribution >= 0.6 is 0 Å². The summed E-state index contributed by atoms with van der Waals surface area (Å²) in [4.78, 5) is 15.5. The smallest absolute Gasteiger partial charge is 0.320 e. The molecule has 2 aromatic heterocycles. The molecular formula is C14H19N5O2. The van der Waals surface area contributed by atoms with Crippen LogP contribution in [-0.2, 0) is 11.3 Å². The van der Waals surface area contributed by atoms with Gasteiger partial charge in [-0.1, -0.05) is 12.8 Å². The molecule has 7 nitrogen and oxygen atoms in total. The van der Waals surface area contributed by atoms with Gasteiger partial charge in [0, 0.05) is 7.05 Å². The zero-order valence-corrected chi connectivity index (χ0v) is 12.0. The van der Waals surface area contributed by atoms with Crippen molar-refractivity contribution < 1.29 is 9.53 Å². The first-order valence-corrected chi connectivity index (χ1v) is 7.20. The molecule has 1 fully saturated rings. The lowest BCUT2D eigenvalue weighted by Crippen LogP contribution is -2.24. The molecule has 0 saturated heterocycles. The van der Waals surface area contributed by atoms with E-state index >= 15 is 0 Å². The van der Waals surface area contributed by atoms with Crippen molar-refractivity contribution in [3.05, 3.63) is 24.0 Å². The van der Waals surface area contributed by atoms with Crippen molar-refractivity contribution in [2.24, 2.45) is 0 Å². The van der Waals surface area contributed by atoms with Crippen LogP contribution in [0.4, 0.5) is 10.6 Å². The van der Waals surface area contributed by atoms with Gasteiger partial charge < -0.3 is 10.1 Å². The summed E-state index contributed by atoms with van der Waals surface area (Å²) in [6, 6.07) is 3.47. The fourth-order valence-corrected chi connectivity index (χ4v) is 2.50. The number of nitrogens with zero attached hydrogens (tertiary/aromatic N) is 3. The maximum Gasteiger partial charge on any atom is 0.320 e. The maximum absolute atomic E-state index is 11.3. The summed E-state index contributed by atoms with van der Waals surface area (Å²) in [5, 5.41) is 9.55. The molecule has 2 amide bonds. The summed E-state index contributed by atoms with van der Waals surface area (Å²) in [6.45, 7) is 0.511. The Morgan fingerprint density at radius 3 is 3.00 bits per heavy atom. The molecule has 7 heteroatoms. The van der Waals surface area contributed by atoms with Gasteiger partial charge in [-0.25, -0.2) is 14.3 Å². The van der Waals surface area contributed by atoms with Gasteiger partial charge in [-0.2, -0.15) is 5.10 Å². The molecule has 0 atom stereocenters. The highest BCUT2D eigenvalue weighted by molar-refractivity contribution is 5.88. The van der Waals surface area contributed by atoms with Crippen LogP contribution < -0.4 is 10.6 Å². The van der Waals surface area contributed by atoms with Crippen molar-refractivity contribution in [3.8, 4) is 0 Å². The highest BCUT2D eigenvalue weighted by Crippen LogP contribution is 2.21. The van der Waals surface area contributed by atoms with Crippen molar-refractivity contribution in [3.63, 3.8) is 0 Å². The number of carbonyl (C=O) groups is 1. The molecule has 3 rings (SSSR count). The molecule has 1 aliphatic rings. The van der Waals surface area contributed by atoms with Gasteiger partial charge >= 0.3 is 6.03 Å². The Labute approximate surface area is 122 Å². The van der Waals surface area contributed by atoms with E-state index in [1.165, 1.54) is 12.8 Å². The summed E-state index contributed by atoms with van der Waals surface area (Å²) in [6.07, 6.45) is 6.86. The summed E-state index contributed by atoms with van der Waals surface area (Å²) >= 11 is 0. The third-order valence-corrected chi connectivity index (χ3v) is 3.61. The maximum atomic E-state index is 11.3. The minimum atomic E-state index is -0.303. The lowest BCUT2D eigenvalue weighted by atomic mass is 10.3. The van der Waals surface area contributed by atoms with Gasteiger partial charge in [0.1, 0.15) is 0 Å². The molecule has 0 radical (unpaired) electrons. The number of urea groups is 1. The lowest BCUT2D eigenvalue weighted by Gasteiger charge is -2.10. The van der Waals surface area contributed by atoms with Gasteiger partial charge in [0.2, 0.25) is 0 Å². The number of rotatable bonds is 4. The van der Waals surface area contributed by atoms with Gasteiger partial charge in [0.05, 0.1) is 24.6 Å². The van der Waals surface area contributed by atoms with E-state index in [1.807, 2.05) is 12.1 Å². The number of nitrogens with one attached hydrogen (secondary N) is 2. The van der Waals surface area contributed by atoms with Crippen molar-refractivity contribution in [1.29, 1.82) is 0 Å². The summed E-state index contributed by atoms with van der Waals surface area (Å²) in [5.74, 6) is 0.468. The van der Waals surface area contributed by atoms with E-state index in [4.69, 9.17) is 4.74 Å². The highest BCUT2D eigenvalue weighted by Gasteiger charge is 2.15. The highest BCUT2D eigenvalue weighted by atomic mass is 16.5. The van der Waals surface area contributed by atoms with Crippen molar-refractivity contribution >= 4 is 17.5 Å². The van der Waals surface area contributed by atoms with Crippen LogP contribution in [0.25, 0.3) is 5.65 Å². The monoisotopic (exact) mass is 289 g/mol. The molecule has 0 aromatic carbocycles. The molecule has 2 heterocycles. The van der Waals surface area contributed by atoms with Gasteiger partial charge in [0.15, 0.2) is 11.5 Å². The Morgan fingerprint density at radius 1 is 1.43 bits per heavy atom. The van der Waals surface area contributed by atoms with Gasteiger partial charge in [-0.15, -0.1) is 0 Å². The molecule has 0 spiro atoms. The largest absolute Gasteiger partial charge is 0.372 e. The molecule has 21 heavy (non-hydrogen) atoms. The fourth-order valence-electron chi connectivity index (χ4n) is 2.50. The third-order valence-electron chi connectivity index (χ3n) is 3.61. The average Bonchev–Trinajstić information content (AvgIpc) is 3.13. The second-order valence-electron chi connectivity index (χ2n) is 5.18. The predicted molar refractivity (Wildman–Crippen MR) is 78.1 cm³/mol. The molecule has 0 unspecified atom stereocenters. The first kappa shape index (κ1) is 13.8. The normalized spacial score (nSPS) is 15.5. The molecule has 1 aliphatic carbocycles. The summed E-state index contributed by atoms with van der Waals surface area (Å²) < 4.78 is 7.50. The van der Waals surface area contributed by atoms with E-state index in [-0.39, 0.29) is 6.03 Å². The Kier molecular flexibility index (Phi) is 4.01. The molecule has 0 aliphatic heterocycles. The van der Waals surface area contributed by atoms with Crippen molar-refractivity contribution in [2.45, 2.75) is 38.4 Å². The number of imidazole rings is 1. The van der Waals surface area contributed by atoms with Crippen LogP contribution in [0.15, 0.2) is 18.3 Å². The number of anilines is 1. The van der Waals surface area contributed by atoms with E-state index in [9.17, 15) is 4.79 Å². The Balaban J connectivity index is 1.68. The van der Waals surface area contributed by atoms with Crippen molar-refractivity contribution in [2.75, 3.05) is 12.4 Å². The Bertz CT molecular complexity index is 633. The zero-order valence-electron chi connectivity index (χ0n) is 12.0. The first-order valence-electron chi connectivity index (χ1n) is 7.20. The minimum Gasteiger partial charge on any atom is -0.372 e. The van der Waals surface area contributed by atoms with Crippen LogP contribution in [0.1, 0.15) is 31.4 Å². The van der Waals surface area contributed by atoms with Crippen LogP contribution in [-0.4, -0.2) is 33.8 Å². The molecule has 2 N–H and O–H groups in total. The topological polar surface area (TPSA) is 80.6 Å². The summed E-state index contributed by atoms with van der Waals surface area (Å²) in [7, 11) is 1.56. The number of ether oxygens (including phenoxy) is 1. The quantitative estimate of drug-likeness (QED) is 0.901. The molecule has 1 saturated carbocycles. The van der Waals surface area contributed by atoms with Gasteiger partial charge in [0.25, 0.3) is 0 Å². The zero-order chi connectivity index (χ0) is 14.7. The van der Waals surface area contributed by atoms with E-state index in [1.54, 1.807) is 17.8 Å². The van der Waals surface area contributed by atoms with Crippen LogP contribution in [0.3, 0.4) is 0 Å². The third kappa shape index (κ3) is 3.30. The minimum absolute atomic E-state index is 0.303. The van der Waals surface area contributed by atoms with Gasteiger partial charge in [-0.05, 0) is 25.0 Å². The van der Waals surface area contributed by atoms with E-state index < -0.39 is 0 Å². The van der Waals surface area contributed by atoms with Crippen molar-refractivity contribution in [1.82, 2.24) is 19.9 Å². The second-order valence-corrected chi connectivity index (χ2v) is 5.18. The standard InChI is InChI=1S/C14H19N5O2/c1-15-14(20)17-12-8-19-13(16-12)7-6-10(18-19)9-21-11-4-2-3-5-11/h6-8,11H,2-5,9H2,1H3,(H2,15,17,20). The number of aromatic nitrogens is 3. The average molecular weight is 289 g/mol. The number of fused-ring (bicyclic) bond motifs is 1. The van der Waals surface area contributed by atoms with Crippen LogP contribution in [0.2, 0.25) is 0 Å². The fraction of sp³-hybridized carbons (Fsp3) is 0.500. The molecule has 0 bridgehead atoms. The molecular weight excluding hydrogens is 270 g/mol. The SMILES string of the molecule is CNC(=O)Nc1cn2nc(COC3CCCC3)ccc2n1. The Hall–Kier alpha value is -2.15. The molecule has 2 aromatic rings. The number of carbonyl (C=O) groups excluding carboxylic acids is 1. The molecule has 112 valence electrons.